The van der Waals surface area contributed by atoms with Gasteiger partial charge in [0.15, 0.2) is 0 Å². The lowest BCUT2D eigenvalue weighted by Crippen LogP contribution is -2.24. The van der Waals surface area contributed by atoms with E-state index < -0.39 is 42.2 Å². The van der Waals surface area contributed by atoms with E-state index in [0.29, 0.717) is 7.11 Å². The fourth-order valence-electron chi connectivity index (χ4n) is 1.76. The molecule has 1 saturated heterocycles. The highest BCUT2D eigenvalue weighted by Gasteiger charge is 2.37. The van der Waals surface area contributed by atoms with Crippen LogP contribution in [0, 0.1) is 11.8 Å². The highest BCUT2D eigenvalue weighted by atomic mass is 31.3. The van der Waals surface area contributed by atoms with Crippen LogP contribution in [0.25, 0.3) is 0 Å². The zero-order chi connectivity index (χ0) is 18.1. The summed E-state index contributed by atoms with van der Waals surface area (Å²) in [6, 6.07) is -0.618. The SMILES string of the molecule is [B]C1OC(COP(=O)([O-])OP(=O)([O-])OP(=O)([O-])OC)[C@H](C)C1C. The molecule has 0 saturated carbocycles. The van der Waals surface area contributed by atoms with Crippen molar-refractivity contribution in [3.63, 3.8) is 0 Å². The summed E-state index contributed by atoms with van der Waals surface area (Å²) in [5, 5.41) is 0. The van der Waals surface area contributed by atoms with Crippen LogP contribution in [0.5, 0.6) is 0 Å². The fraction of sp³-hybridized carbons (Fsp3) is 1.00. The average Bonchev–Trinajstić information content (AvgIpc) is 2.61. The van der Waals surface area contributed by atoms with Crippen LogP contribution in [-0.2, 0) is 36.1 Å². The first-order chi connectivity index (χ1) is 10.3. The van der Waals surface area contributed by atoms with Crippen LogP contribution >= 0.6 is 23.5 Å². The Hall–Kier alpha value is 0.435. The minimum Gasteiger partial charge on any atom is -0.756 e. The Morgan fingerprint density at radius 2 is 1.52 bits per heavy atom. The van der Waals surface area contributed by atoms with E-state index in [1.54, 1.807) is 13.8 Å². The van der Waals surface area contributed by atoms with Gasteiger partial charge in [-0.25, -0.2) is 8.62 Å². The van der Waals surface area contributed by atoms with Gasteiger partial charge >= 0.3 is 0 Å². The van der Waals surface area contributed by atoms with E-state index in [9.17, 15) is 28.4 Å². The molecular weight excluding hydrogens is 376 g/mol. The molecule has 0 aromatic heterocycles. The lowest BCUT2D eigenvalue weighted by Gasteiger charge is -2.34. The van der Waals surface area contributed by atoms with E-state index in [4.69, 9.17) is 12.6 Å². The summed E-state index contributed by atoms with van der Waals surface area (Å²) in [4.78, 5) is 33.5. The highest BCUT2D eigenvalue weighted by molar-refractivity contribution is 7.65. The Labute approximate surface area is 134 Å². The third kappa shape index (κ3) is 6.69. The van der Waals surface area contributed by atoms with Crippen molar-refractivity contribution in [1.29, 1.82) is 0 Å². The largest absolute Gasteiger partial charge is 0.756 e. The minimum absolute atomic E-state index is 0.0717. The highest BCUT2D eigenvalue weighted by Crippen LogP contribution is 2.62. The van der Waals surface area contributed by atoms with Crippen molar-refractivity contribution in [1.82, 2.24) is 0 Å². The van der Waals surface area contributed by atoms with Gasteiger partial charge in [0.2, 0.25) is 0 Å². The molecule has 0 bridgehead atoms. The van der Waals surface area contributed by atoms with Gasteiger partial charge in [0.25, 0.3) is 23.5 Å². The van der Waals surface area contributed by atoms with Crippen molar-refractivity contribution in [2.45, 2.75) is 26.0 Å². The topological polar surface area (TPSA) is 167 Å². The van der Waals surface area contributed by atoms with Crippen molar-refractivity contribution in [3.05, 3.63) is 0 Å². The molecule has 0 aromatic rings. The smallest absolute Gasteiger partial charge is 0.280 e. The molecule has 0 aromatic carbocycles. The Balaban J connectivity index is 2.61. The van der Waals surface area contributed by atoms with E-state index in [-0.39, 0.29) is 11.8 Å². The van der Waals surface area contributed by atoms with E-state index in [0.717, 1.165) is 0 Å². The van der Waals surface area contributed by atoms with Crippen molar-refractivity contribution < 1.29 is 50.8 Å². The normalized spacial score (nSPS) is 36.1. The minimum atomic E-state index is -5.77. The Bertz CT molecular complexity index is 555. The molecule has 7 atom stereocenters. The molecule has 6 unspecified atom stereocenters. The van der Waals surface area contributed by atoms with Gasteiger partial charge in [-0.1, -0.05) is 13.8 Å². The van der Waals surface area contributed by atoms with Crippen molar-refractivity contribution in [2.24, 2.45) is 11.8 Å². The molecule has 11 nitrogen and oxygen atoms in total. The van der Waals surface area contributed by atoms with Gasteiger partial charge in [-0.15, -0.1) is 0 Å². The number of rotatable bonds is 8. The Morgan fingerprint density at radius 1 is 1.00 bits per heavy atom. The number of ether oxygens (including phenoxy) is 1. The molecule has 1 aliphatic rings. The molecule has 15 heteroatoms. The second-order valence-electron chi connectivity index (χ2n) is 4.84. The van der Waals surface area contributed by atoms with Crippen molar-refractivity contribution in [3.8, 4) is 0 Å². The van der Waals surface area contributed by atoms with Crippen LogP contribution in [-0.4, -0.2) is 33.7 Å². The standard InChI is InChI=1S/C8H18BO11P3/c1-5-6(2)8(9)18-7(5)4-17-22(12,13)20-23(14,15)19-21(10,11)16-3/h5-8H,4H2,1-3H3,(H,10,11)(H,12,13)(H,14,15)/p-3/t5-,6?,7?,8?/m1/s1. The van der Waals surface area contributed by atoms with Gasteiger partial charge in [0.05, 0.1) is 12.7 Å². The van der Waals surface area contributed by atoms with Gasteiger partial charge in [-0.05, 0) is 11.8 Å². The molecular formula is C8H15BO11P3-3. The van der Waals surface area contributed by atoms with Gasteiger partial charge in [-0.2, -0.15) is 0 Å². The van der Waals surface area contributed by atoms with Gasteiger partial charge in [0.1, 0.15) is 7.85 Å². The predicted octanol–water partition coefficient (Wildman–Crippen LogP) is -0.747. The van der Waals surface area contributed by atoms with Crippen LogP contribution in [0.3, 0.4) is 0 Å². The summed E-state index contributed by atoms with van der Waals surface area (Å²) in [5.41, 5.74) is 0. The number of hydrogen-bond donors (Lipinski definition) is 0. The summed E-state index contributed by atoms with van der Waals surface area (Å²) in [6.45, 7) is 2.98. The first-order valence-corrected chi connectivity index (χ1v) is 10.6. The number of hydrogen-bond acceptors (Lipinski definition) is 11. The lowest BCUT2D eigenvalue weighted by molar-refractivity contribution is -0.250. The second-order valence-corrected chi connectivity index (χ2v) is 9.45. The predicted molar refractivity (Wildman–Crippen MR) is 70.7 cm³/mol. The maximum Gasteiger partial charge on any atom is 0.280 e. The summed E-state index contributed by atoms with van der Waals surface area (Å²) in [5.74, 6) is -0.229. The van der Waals surface area contributed by atoms with E-state index in [2.05, 4.69) is 17.7 Å². The summed E-state index contributed by atoms with van der Waals surface area (Å²) >= 11 is 0. The Morgan fingerprint density at radius 3 is 1.96 bits per heavy atom. The summed E-state index contributed by atoms with van der Waals surface area (Å²) in [6.07, 6.45) is -0.706. The quantitative estimate of drug-likeness (QED) is 0.377. The van der Waals surface area contributed by atoms with Crippen LogP contribution in [0.15, 0.2) is 0 Å². The first kappa shape index (κ1) is 21.5. The second kappa shape index (κ2) is 7.76. The molecule has 0 aliphatic carbocycles. The molecule has 0 amide bonds. The zero-order valence-corrected chi connectivity index (χ0v) is 15.1. The molecule has 1 rings (SSSR count). The van der Waals surface area contributed by atoms with Crippen LogP contribution < -0.4 is 14.7 Å². The van der Waals surface area contributed by atoms with Crippen molar-refractivity contribution >= 4 is 31.3 Å². The molecule has 2 radical (unpaired) electrons. The number of phosphoric acid groups is 3. The third-order valence-electron chi connectivity index (χ3n) is 3.29. The maximum absolute atomic E-state index is 11.5. The monoisotopic (exact) mass is 391 g/mol. The van der Waals surface area contributed by atoms with Crippen LogP contribution in [0.2, 0.25) is 0 Å². The van der Waals surface area contributed by atoms with Gasteiger partial charge in [0, 0.05) is 13.1 Å². The number of phosphoric ester groups is 2. The maximum atomic E-state index is 11.5. The van der Waals surface area contributed by atoms with E-state index >= 15 is 0 Å². The molecule has 1 aliphatic heterocycles. The van der Waals surface area contributed by atoms with Gasteiger partial charge in [-0.3, -0.25) is 13.7 Å². The molecule has 134 valence electrons. The molecule has 0 spiro atoms. The van der Waals surface area contributed by atoms with Crippen LogP contribution in [0.4, 0.5) is 0 Å². The summed E-state index contributed by atoms with van der Waals surface area (Å²) < 4.78 is 54.0. The van der Waals surface area contributed by atoms with E-state index in [1.165, 1.54) is 0 Å². The Kier molecular flexibility index (Phi) is 7.25. The first-order valence-electron chi connectivity index (χ1n) is 6.26. The molecule has 1 heterocycles. The summed E-state index contributed by atoms with van der Waals surface area (Å²) in [7, 11) is -10.2. The third-order valence-corrected chi connectivity index (χ3v) is 7.40. The molecule has 1 fully saturated rings. The van der Waals surface area contributed by atoms with Gasteiger partial charge < -0.3 is 28.5 Å². The fourth-order valence-corrected chi connectivity index (χ4v) is 4.89. The molecule has 23 heavy (non-hydrogen) atoms. The molecule has 0 N–H and O–H groups in total. The van der Waals surface area contributed by atoms with Crippen LogP contribution in [0.1, 0.15) is 13.8 Å². The van der Waals surface area contributed by atoms with E-state index in [1.807, 2.05) is 0 Å². The zero-order valence-electron chi connectivity index (χ0n) is 12.4. The van der Waals surface area contributed by atoms with Crippen molar-refractivity contribution in [2.75, 3.05) is 13.7 Å². The lowest BCUT2D eigenvalue weighted by atomic mass is 9.82. The average molecular weight is 391 g/mol.